The highest BCUT2D eigenvalue weighted by Gasteiger charge is 2.10. The van der Waals surface area contributed by atoms with Gasteiger partial charge in [-0.2, -0.15) is 4.98 Å². The summed E-state index contributed by atoms with van der Waals surface area (Å²) < 4.78 is 6.40. The monoisotopic (exact) mass is 363 g/mol. The Bertz CT molecular complexity index is 757. The molecule has 1 N–H and O–H groups in total. The van der Waals surface area contributed by atoms with Gasteiger partial charge in [0.15, 0.2) is 11.2 Å². The molecule has 21 heavy (non-hydrogen) atoms. The minimum atomic E-state index is -0.117. The number of hydrogen-bond donors (Lipinski definition) is 1. The van der Waals surface area contributed by atoms with Crippen LogP contribution in [-0.4, -0.2) is 21.6 Å². The highest BCUT2D eigenvalue weighted by atomic mass is 79.9. The van der Waals surface area contributed by atoms with E-state index in [1.807, 2.05) is 24.3 Å². The van der Waals surface area contributed by atoms with Crippen molar-refractivity contribution in [2.75, 3.05) is 11.1 Å². The van der Waals surface area contributed by atoms with E-state index in [1.165, 1.54) is 11.8 Å². The van der Waals surface area contributed by atoms with Crippen LogP contribution in [-0.2, 0) is 4.79 Å². The summed E-state index contributed by atoms with van der Waals surface area (Å²) in [5.74, 6) is 0.104. The Morgan fingerprint density at radius 3 is 3.05 bits per heavy atom. The second-order valence-corrected chi connectivity index (χ2v) is 5.99. The number of pyridine rings is 1. The van der Waals surface area contributed by atoms with E-state index in [-0.39, 0.29) is 11.7 Å². The largest absolute Gasteiger partial charge is 0.430 e. The molecule has 0 unspecified atom stereocenters. The Kier molecular flexibility index (Phi) is 4.21. The van der Waals surface area contributed by atoms with Crippen molar-refractivity contribution < 1.29 is 9.21 Å². The summed E-state index contributed by atoms with van der Waals surface area (Å²) >= 11 is 4.60. The molecule has 0 fully saturated rings. The summed E-state index contributed by atoms with van der Waals surface area (Å²) in [5, 5.41) is 3.25. The van der Waals surface area contributed by atoms with Crippen LogP contribution in [0.1, 0.15) is 0 Å². The SMILES string of the molecule is O=C(CSc1nc2ncccc2o1)Nc1cccc(Br)c1. The van der Waals surface area contributed by atoms with E-state index in [0.717, 1.165) is 10.2 Å². The fourth-order valence-corrected chi connectivity index (χ4v) is 2.73. The van der Waals surface area contributed by atoms with Crippen molar-refractivity contribution in [3.05, 3.63) is 47.1 Å². The van der Waals surface area contributed by atoms with Crippen molar-refractivity contribution in [3.63, 3.8) is 0 Å². The van der Waals surface area contributed by atoms with Crippen LogP contribution in [0.4, 0.5) is 5.69 Å². The number of fused-ring (bicyclic) bond motifs is 1. The maximum Gasteiger partial charge on any atom is 0.258 e. The number of halogens is 1. The molecule has 0 spiro atoms. The Morgan fingerprint density at radius 2 is 2.24 bits per heavy atom. The zero-order valence-electron chi connectivity index (χ0n) is 10.7. The standard InChI is InChI=1S/C14H10BrN3O2S/c15-9-3-1-4-10(7-9)17-12(19)8-21-14-18-13-11(20-14)5-2-6-16-13/h1-7H,8H2,(H,17,19). The number of oxazole rings is 1. The van der Waals surface area contributed by atoms with Gasteiger partial charge in [0.1, 0.15) is 0 Å². The van der Waals surface area contributed by atoms with Crippen molar-refractivity contribution in [1.29, 1.82) is 0 Å². The molecule has 0 saturated carbocycles. The molecule has 1 amide bonds. The van der Waals surface area contributed by atoms with Gasteiger partial charge in [0.05, 0.1) is 5.75 Å². The minimum Gasteiger partial charge on any atom is -0.430 e. The number of benzene rings is 1. The first-order chi connectivity index (χ1) is 10.2. The second-order valence-electron chi connectivity index (χ2n) is 4.15. The molecule has 0 aliphatic heterocycles. The number of carbonyl (C=O) groups is 1. The Morgan fingerprint density at radius 1 is 1.33 bits per heavy atom. The first-order valence-corrected chi connectivity index (χ1v) is 7.88. The summed E-state index contributed by atoms with van der Waals surface area (Å²) in [6.07, 6.45) is 1.65. The summed E-state index contributed by atoms with van der Waals surface area (Å²) in [7, 11) is 0. The fourth-order valence-electron chi connectivity index (χ4n) is 1.70. The van der Waals surface area contributed by atoms with Crippen molar-refractivity contribution in [2.45, 2.75) is 5.22 Å². The first kappa shape index (κ1) is 14.1. The Labute approximate surface area is 133 Å². The lowest BCUT2D eigenvalue weighted by molar-refractivity contribution is -0.113. The zero-order valence-corrected chi connectivity index (χ0v) is 13.1. The van der Waals surface area contributed by atoms with Crippen molar-refractivity contribution in [2.24, 2.45) is 0 Å². The van der Waals surface area contributed by atoms with Gasteiger partial charge >= 0.3 is 0 Å². The average molecular weight is 364 g/mol. The molecule has 0 radical (unpaired) electrons. The predicted octanol–water partition coefficient (Wildman–Crippen LogP) is 3.72. The molecule has 2 aromatic heterocycles. The van der Waals surface area contributed by atoms with E-state index in [4.69, 9.17) is 4.42 Å². The van der Waals surface area contributed by atoms with Gasteiger partial charge < -0.3 is 9.73 Å². The van der Waals surface area contributed by atoms with Crippen LogP contribution in [0.5, 0.6) is 0 Å². The third-order valence-electron chi connectivity index (χ3n) is 2.58. The number of nitrogens with zero attached hydrogens (tertiary/aromatic N) is 2. The molecule has 3 rings (SSSR count). The summed E-state index contributed by atoms with van der Waals surface area (Å²) in [6, 6.07) is 11.0. The lowest BCUT2D eigenvalue weighted by atomic mass is 10.3. The van der Waals surface area contributed by atoms with Crippen LogP contribution in [0.15, 0.2) is 56.7 Å². The van der Waals surface area contributed by atoms with Gasteiger partial charge in [-0.15, -0.1) is 0 Å². The van der Waals surface area contributed by atoms with E-state index in [2.05, 4.69) is 31.2 Å². The van der Waals surface area contributed by atoms with Crippen LogP contribution in [0.3, 0.4) is 0 Å². The van der Waals surface area contributed by atoms with E-state index >= 15 is 0 Å². The highest BCUT2D eigenvalue weighted by Crippen LogP contribution is 2.22. The third-order valence-corrected chi connectivity index (χ3v) is 3.90. The topological polar surface area (TPSA) is 68.0 Å². The average Bonchev–Trinajstić information content (AvgIpc) is 2.88. The fraction of sp³-hybridized carbons (Fsp3) is 0.0714. The number of rotatable bonds is 4. The van der Waals surface area contributed by atoms with Gasteiger partial charge in [-0.3, -0.25) is 4.79 Å². The van der Waals surface area contributed by atoms with Crippen molar-refractivity contribution >= 4 is 50.5 Å². The summed E-state index contributed by atoms with van der Waals surface area (Å²) in [6.45, 7) is 0. The molecule has 0 aliphatic rings. The molecule has 5 nitrogen and oxygen atoms in total. The smallest absolute Gasteiger partial charge is 0.258 e. The van der Waals surface area contributed by atoms with Gasteiger partial charge in [-0.25, -0.2) is 4.98 Å². The molecule has 1 aromatic carbocycles. The summed E-state index contributed by atoms with van der Waals surface area (Å²) in [4.78, 5) is 20.2. The molecular formula is C14H10BrN3O2S. The third kappa shape index (κ3) is 3.62. The van der Waals surface area contributed by atoms with Gasteiger partial charge in [-0.1, -0.05) is 33.8 Å². The van der Waals surface area contributed by atoms with Crippen LogP contribution >= 0.6 is 27.7 Å². The number of carbonyl (C=O) groups excluding carboxylic acids is 1. The number of anilines is 1. The first-order valence-electron chi connectivity index (χ1n) is 6.10. The highest BCUT2D eigenvalue weighted by molar-refractivity contribution is 9.10. The van der Waals surface area contributed by atoms with Crippen molar-refractivity contribution in [1.82, 2.24) is 9.97 Å². The Balaban J connectivity index is 1.60. The molecule has 0 atom stereocenters. The van der Waals surface area contributed by atoms with E-state index in [1.54, 1.807) is 18.3 Å². The maximum atomic E-state index is 11.9. The summed E-state index contributed by atoms with van der Waals surface area (Å²) in [5.41, 5.74) is 1.91. The van der Waals surface area contributed by atoms with Crippen LogP contribution in [0.25, 0.3) is 11.2 Å². The van der Waals surface area contributed by atoms with Crippen LogP contribution < -0.4 is 5.32 Å². The molecular weight excluding hydrogens is 354 g/mol. The van der Waals surface area contributed by atoms with Crippen LogP contribution in [0.2, 0.25) is 0 Å². The Hall–Kier alpha value is -1.86. The second kappa shape index (κ2) is 6.28. The normalized spacial score (nSPS) is 10.7. The maximum absolute atomic E-state index is 11.9. The minimum absolute atomic E-state index is 0.117. The van der Waals surface area contributed by atoms with E-state index < -0.39 is 0 Å². The predicted molar refractivity (Wildman–Crippen MR) is 85.3 cm³/mol. The van der Waals surface area contributed by atoms with Gasteiger partial charge in [0.2, 0.25) is 5.91 Å². The van der Waals surface area contributed by atoms with Gasteiger partial charge in [0, 0.05) is 16.4 Å². The number of hydrogen-bond acceptors (Lipinski definition) is 5. The van der Waals surface area contributed by atoms with Crippen LogP contribution in [0, 0.1) is 0 Å². The number of amides is 1. The molecule has 7 heteroatoms. The zero-order chi connectivity index (χ0) is 14.7. The number of aromatic nitrogens is 2. The van der Waals surface area contributed by atoms with E-state index in [0.29, 0.717) is 16.5 Å². The molecule has 2 heterocycles. The number of thioether (sulfide) groups is 1. The molecule has 0 saturated heterocycles. The lowest BCUT2D eigenvalue weighted by Crippen LogP contribution is -2.13. The molecule has 0 aliphatic carbocycles. The number of nitrogens with one attached hydrogen (secondary N) is 1. The van der Waals surface area contributed by atoms with E-state index in [9.17, 15) is 4.79 Å². The van der Waals surface area contributed by atoms with Gasteiger partial charge in [-0.05, 0) is 30.3 Å². The quantitative estimate of drug-likeness (QED) is 0.715. The van der Waals surface area contributed by atoms with Gasteiger partial charge in [0.25, 0.3) is 5.22 Å². The molecule has 106 valence electrons. The lowest BCUT2D eigenvalue weighted by Gasteiger charge is -2.04. The molecule has 3 aromatic rings. The van der Waals surface area contributed by atoms with Crippen molar-refractivity contribution in [3.8, 4) is 0 Å². The molecule has 0 bridgehead atoms.